The molecule has 4 aromatic heterocycles. The zero-order valence-electron chi connectivity index (χ0n) is 22.4. The first-order valence-electron chi connectivity index (χ1n) is 13.6. The van der Waals surface area contributed by atoms with Crippen LogP contribution in [0.5, 0.6) is 0 Å². The van der Waals surface area contributed by atoms with Crippen LogP contribution in [0, 0.1) is 0 Å². The lowest BCUT2D eigenvalue weighted by Gasteiger charge is -2.37. The fourth-order valence-electron chi connectivity index (χ4n) is 5.09. The van der Waals surface area contributed by atoms with Crippen LogP contribution in [0.4, 0.5) is 0 Å². The number of pyridine rings is 1. The molecule has 0 radical (unpaired) electrons. The number of hydrogen-bond donors (Lipinski definition) is 1. The van der Waals surface area contributed by atoms with E-state index in [1.807, 2.05) is 42.6 Å². The van der Waals surface area contributed by atoms with Crippen LogP contribution in [0.3, 0.4) is 0 Å². The standard InChI is InChI=1S/C31H29N9/c1-20(2)28-35-31-33-27(25(19-40(31)38-28)22-8-4-3-5-9-22)23-13-11-21(12-14-23)16-39-17-24(18-39)29-34-30(37-36-29)26-10-6-7-15-32-26/h3-15,19-20,24H,16-18H2,1-2H3,(H,34,36,37). The van der Waals surface area contributed by atoms with E-state index in [9.17, 15) is 0 Å². The maximum absolute atomic E-state index is 4.97. The van der Waals surface area contributed by atoms with Crippen LogP contribution in [0.15, 0.2) is 85.2 Å². The van der Waals surface area contributed by atoms with Crippen molar-refractivity contribution in [1.82, 2.24) is 44.6 Å². The van der Waals surface area contributed by atoms with Gasteiger partial charge in [0.2, 0.25) is 0 Å². The number of hydrogen-bond acceptors (Lipinski definition) is 7. The highest BCUT2D eigenvalue weighted by molar-refractivity contribution is 5.81. The van der Waals surface area contributed by atoms with Gasteiger partial charge in [0.1, 0.15) is 5.69 Å². The number of aromatic nitrogens is 8. The van der Waals surface area contributed by atoms with Gasteiger partial charge in [0.05, 0.1) is 5.69 Å². The molecule has 2 aromatic carbocycles. The number of fused-ring (bicyclic) bond motifs is 1. The first-order valence-corrected chi connectivity index (χ1v) is 13.6. The Morgan fingerprint density at radius 3 is 2.42 bits per heavy atom. The number of nitrogens with zero attached hydrogens (tertiary/aromatic N) is 8. The largest absolute Gasteiger partial charge is 0.298 e. The molecule has 1 aliphatic heterocycles. The molecule has 0 bridgehead atoms. The summed E-state index contributed by atoms with van der Waals surface area (Å²) >= 11 is 0. The minimum atomic E-state index is 0.234. The molecule has 1 aliphatic rings. The molecule has 7 rings (SSSR count). The normalized spacial score (nSPS) is 14.2. The van der Waals surface area contributed by atoms with Crippen LogP contribution in [0.1, 0.15) is 42.9 Å². The molecule has 9 nitrogen and oxygen atoms in total. The van der Waals surface area contributed by atoms with Crippen molar-refractivity contribution in [3.8, 4) is 33.9 Å². The summed E-state index contributed by atoms with van der Waals surface area (Å²) in [6.07, 6.45) is 3.81. The van der Waals surface area contributed by atoms with Gasteiger partial charge in [-0.25, -0.2) is 14.5 Å². The SMILES string of the molecule is CC(C)c1nc2nc(-c3ccc(CN4CC(c5n[nH]c(-c6ccccn6)n5)C4)cc3)c(-c3ccccc3)cn2n1. The van der Waals surface area contributed by atoms with E-state index in [0.717, 1.165) is 65.2 Å². The summed E-state index contributed by atoms with van der Waals surface area (Å²) in [7, 11) is 0. The summed E-state index contributed by atoms with van der Waals surface area (Å²) in [5, 5.41) is 12.1. The molecular formula is C31H29N9. The molecule has 6 aromatic rings. The van der Waals surface area contributed by atoms with Crippen molar-refractivity contribution in [2.45, 2.75) is 32.2 Å². The van der Waals surface area contributed by atoms with Gasteiger partial charge >= 0.3 is 0 Å². The fourth-order valence-corrected chi connectivity index (χ4v) is 5.09. The van der Waals surface area contributed by atoms with E-state index in [1.54, 1.807) is 10.7 Å². The highest BCUT2D eigenvalue weighted by Gasteiger charge is 2.31. The molecule has 0 amide bonds. The molecule has 1 saturated heterocycles. The van der Waals surface area contributed by atoms with Gasteiger partial charge in [-0.3, -0.25) is 15.0 Å². The number of likely N-dealkylation sites (tertiary alicyclic amines) is 1. The highest BCUT2D eigenvalue weighted by Crippen LogP contribution is 2.32. The van der Waals surface area contributed by atoms with E-state index < -0.39 is 0 Å². The van der Waals surface area contributed by atoms with Gasteiger partial charge in [-0.1, -0.05) is 74.5 Å². The molecule has 1 N–H and O–H groups in total. The van der Waals surface area contributed by atoms with Gasteiger partial charge in [-0.15, -0.1) is 5.10 Å². The first kappa shape index (κ1) is 24.3. The summed E-state index contributed by atoms with van der Waals surface area (Å²) in [6, 6.07) is 24.8. The van der Waals surface area contributed by atoms with Crippen molar-refractivity contribution in [2.75, 3.05) is 13.1 Å². The zero-order valence-corrected chi connectivity index (χ0v) is 22.4. The third-order valence-electron chi connectivity index (χ3n) is 7.32. The van der Waals surface area contributed by atoms with Crippen LogP contribution >= 0.6 is 0 Å². The Morgan fingerprint density at radius 1 is 0.875 bits per heavy atom. The number of H-pyrrole nitrogens is 1. The van der Waals surface area contributed by atoms with Crippen LogP contribution < -0.4 is 0 Å². The maximum Gasteiger partial charge on any atom is 0.253 e. The lowest BCUT2D eigenvalue weighted by molar-refractivity contribution is 0.135. The molecule has 40 heavy (non-hydrogen) atoms. The summed E-state index contributed by atoms with van der Waals surface area (Å²) in [6.45, 7) is 6.94. The van der Waals surface area contributed by atoms with Crippen LogP contribution in [-0.4, -0.2) is 57.7 Å². The second kappa shape index (κ2) is 10.1. The van der Waals surface area contributed by atoms with Gasteiger partial charge in [-0.2, -0.15) is 10.1 Å². The second-order valence-corrected chi connectivity index (χ2v) is 10.6. The Kier molecular flexibility index (Phi) is 6.13. The maximum atomic E-state index is 4.97. The molecule has 198 valence electrons. The van der Waals surface area contributed by atoms with E-state index in [0.29, 0.717) is 11.7 Å². The Morgan fingerprint density at radius 2 is 1.68 bits per heavy atom. The van der Waals surface area contributed by atoms with Crippen LogP contribution in [-0.2, 0) is 6.54 Å². The lowest BCUT2D eigenvalue weighted by atomic mass is 9.97. The highest BCUT2D eigenvalue weighted by atomic mass is 15.3. The van der Waals surface area contributed by atoms with E-state index in [-0.39, 0.29) is 5.92 Å². The second-order valence-electron chi connectivity index (χ2n) is 10.6. The van der Waals surface area contributed by atoms with Crippen molar-refractivity contribution in [1.29, 1.82) is 0 Å². The van der Waals surface area contributed by atoms with E-state index in [4.69, 9.17) is 4.98 Å². The molecule has 9 heteroatoms. The summed E-state index contributed by atoms with van der Waals surface area (Å²) in [5.74, 6) is 3.56. The van der Waals surface area contributed by atoms with Crippen molar-refractivity contribution in [2.24, 2.45) is 0 Å². The zero-order chi connectivity index (χ0) is 27.1. The quantitative estimate of drug-likeness (QED) is 0.298. The van der Waals surface area contributed by atoms with E-state index in [2.05, 4.69) is 85.4 Å². The van der Waals surface area contributed by atoms with Gasteiger partial charge in [0, 0.05) is 55.0 Å². The number of benzene rings is 2. The molecule has 0 saturated carbocycles. The third-order valence-corrected chi connectivity index (χ3v) is 7.32. The predicted molar refractivity (Wildman–Crippen MR) is 153 cm³/mol. The van der Waals surface area contributed by atoms with Crippen molar-refractivity contribution in [3.63, 3.8) is 0 Å². The summed E-state index contributed by atoms with van der Waals surface area (Å²) in [5.41, 5.74) is 6.17. The minimum absolute atomic E-state index is 0.234. The van der Waals surface area contributed by atoms with Crippen molar-refractivity contribution in [3.05, 3.63) is 102 Å². The summed E-state index contributed by atoms with van der Waals surface area (Å²) in [4.78, 5) is 21.1. The molecule has 0 atom stereocenters. The predicted octanol–water partition coefficient (Wildman–Crippen LogP) is 5.36. The third kappa shape index (κ3) is 4.65. The van der Waals surface area contributed by atoms with Crippen LogP contribution in [0.25, 0.3) is 39.7 Å². The monoisotopic (exact) mass is 527 g/mol. The molecule has 0 spiro atoms. The Bertz CT molecular complexity index is 1750. The Labute approximate surface area is 232 Å². The molecule has 0 unspecified atom stereocenters. The minimum Gasteiger partial charge on any atom is -0.298 e. The molecule has 0 aliphatic carbocycles. The lowest BCUT2D eigenvalue weighted by Crippen LogP contribution is -2.44. The molecule has 1 fully saturated rings. The molecular weight excluding hydrogens is 498 g/mol. The first-order chi connectivity index (χ1) is 19.6. The van der Waals surface area contributed by atoms with E-state index in [1.165, 1.54) is 5.56 Å². The fraction of sp³-hybridized carbons (Fsp3) is 0.226. The average Bonchev–Trinajstić information content (AvgIpc) is 3.63. The Hall–Kier alpha value is -4.76. The summed E-state index contributed by atoms with van der Waals surface area (Å²) < 4.78 is 1.79. The van der Waals surface area contributed by atoms with Gasteiger partial charge < -0.3 is 0 Å². The van der Waals surface area contributed by atoms with Crippen LogP contribution in [0.2, 0.25) is 0 Å². The van der Waals surface area contributed by atoms with Crippen molar-refractivity contribution < 1.29 is 0 Å². The van der Waals surface area contributed by atoms with Crippen molar-refractivity contribution >= 4 is 5.78 Å². The van der Waals surface area contributed by atoms with E-state index >= 15 is 0 Å². The number of rotatable bonds is 7. The smallest absolute Gasteiger partial charge is 0.253 e. The van der Waals surface area contributed by atoms with Gasteiger partial charge in [0.25, 0.3) is 5.78 Å². The average molecular weight is 528 g/mol. The number of nitrogens with one attached hydrogen (secondary N) is 1. The van der Waals surface area contributed by atoms with Gasteiger partial charge in [-0.05, 0) is 23.3 Å². The number of aromatic amines is 1. The van der Waals surface area contributed by atoms with Gasteiger partial charge in [0.15, 0.2) is 17.5 Å². The molecule has 5 heterocycles. The Balaban J connectivity index is 1.08. The topological polar surface area (TPSA) is 101 Å².